The maximum atomic E-state index is 13.1. The number of aromatic carboxylic acids is 1. The van der Waals surface area contributed by atoms with Gasteiger partial charge in [0.25, 0.3) is 5.56 Å². The number of carboxylic acids is 1. The molecule has 0 unspecified atom stereocenters. The summed E-state index contributed by atoms with van der Waals surface area (Å²) in [5.74, 6) is -1.69. The van der Waals surface area contributed by atoms with Gasteiger partial charge in [0.15, 0.2) is 0 Å². The molecule has 1 aromatic carbocycles. The number of rotatable bonds is 4. The predicted octanol–water partition coefficient (Wildman–Crippen LogP) is 0.846. The fraction of sp³-hybridized carbons (Fsp3) is 0.375. The molecule has 1 saturated heterocycles. The Labute approximate surface area is 137 Å². The van der Waals surface area contributed by atoms with E-state index in [0.717, 1.165) is 0 Å². The molecule has 2 heterocycles. The zero-order chi connectivity index (χ0) is 17.3. The molecule has 0 spiro atoms. The third-order valence-electron chi connectivity index (χ3n) is 4.15. The van der Waals surface area contributed by atoms with Gasteiger partial charge in [-0.15, -0.1) is 0 Å². The van der Waals surface area contributed by atoms with Gasteiger partial charge in [-0.25, -0.2) is 13.9 Å². The monoisotopic (exact) mass is 335 g/mol. The highest BCUT2D eigenvalue weighted by Gasteiger charge is 2.26. The minimum atomic E-state index is -1.26. The van der Waals surface area contributed by atoms with E-state index in [4.69, 9.17) is 4.74 Å². The Hall–Kier alpha value is -2.45. The first-order chi connectivity index (χ1) is 11.5. The minimum absolute atomic E-state index is 0.256. The van der Waals surface area contributed by atoms with Crippen LogP contribution in [0.25, 0.3) is 5.69 Å². The number of nitrogens with zero attached hydrogens (tertiary/aromatic N) is 3. The normalized spacial score (nSPS) is 15.6. The van der Waals surface area contributed by atoms with Crippen LogP contribution in [0.5, 0.6) is 0 Å². The fourth-order valence-electron chi connectivity index (χ4n) is 2.89. The molecule has 24 heavy (non-hydrogen) atoms. The third kappa shape index (κ3) is 2.98. The second-order valence-electron chi connectivity index (χ2n) is 5.63. The van der Waals surface area contributed by atoms with Gasteiger partial charge in [-0.05, 0) is 24.3 Å². The van der Waals surface area contributed by atoms with E-state index in [9.17, 15) is 19.1 Å². The number of carboxylic acid groups (broad SMARTS) is 1. The largest absolute Gasteiger partial charge is 0.477 e. The van der Waals surface area contributed by atoms with E-state index in [1.54, 1.807) is 7.05 Å². The molecule has 1 N–H and O–H groups in total. The maximum absolute atomic E-state index is 13.1. The third-order valence-corrected chi connectivity index (χ3v) is 4.15. The molecule has 1 fully saturated rings. The molecule has 1 aliphatic heterocycles. The summed E-state index contributed by atoms with van der Waals surface area (Å²) in [6.45, 7) is 2.85. The molecule has 0 saturated carbocycles. The topological polar surface area (TPSA) is 76.7 Å². The molecule has 0 aliphatic carbocycles. The lowest BCUT2D eigenvalue weighted by atomic mass is 10.2. The Balaban J connectivity index is 2.07. The van der Waals surface area contributed by atoms with Crippen molar-refractivity contribution in [2.75, 3.05) is 26.3 Å². The lowest BCUT2D eigenvalue weighted by Gasteiger charge is -2.26. The average molecular weight is 335 g/mol. The second-order valence-corrected chi connectivity index (χ2v) is 5.63. The van der Waals surface area contributed by atoms with E-state index in [1.807, 2.05) is 4.90 Å². The highest BCUT2D eigenvalue weighted by atomic mass is 19.1. The Kier molecular flexibility index (Phi) is 4.50. The van der Waals surface area contributed by atoms with Crippen LogP contribution in [0, 0.1) is 5.82 Å². The first kappa shape index (κ1) is 16.4. The van der Waals surface area contributed by atoms with Gasteiger partial charge in [-0.2, -0.15) is 0 Å². The zero-order valence-electron chi connectivity index (χ0n) is 13.2. The number of hydrogen-bond donors (Lipinski definition) is 1. The molecule has 0 amide bonds. The number of ether oxygens (including phenoxy) is 1. The van der Waals surface area contributed by atoms with Crippen LogP contribution in [0.15, 0.2) is 29.1 Å². The van der Waals surface area contributed by atoms with Crippen LogP contribution in [0.1, 0.15) is 16.1 Å². The summed E-state index contributed by atoms with van der Waals surface area (Å²) in [6, 6.07) is 5.36. The standard InChI is InChI=1S/C16H18FN3O4/c1-18-13(10-19-6-8-24-9-7-19)14(16(22)23)15(21)20(18)12-4-2-11(17)3-5-12/h2-5H,6-10H2,1H3,(H,22,23). The van der Waals surface area contributed by atoms with Crippen molar-refractivity contribution in [2.45, 2.75) is 6.54 Å². The summed E-state index contributed by atoms with van der Waals surface area (Å²) >= 11 is 0. The highest BCUT2D eigenvalue weighted by Crippen LogP contribution is 2.15. The molecule has 8 heteroatoms. The van der Waals surface area contributed by atoms with Crippen LogP contribution >= 0.6 is 0 Å². The molecule has 0 radical (unpaired) electrons. The molecule has 2 aromatic rings. The van der Waals surface area contributed by atoms with E-state index in [2.05, 4.69) is 0 Å². The van der Waals surface area contributed by atoms with Crippen LogP contribution < -0.4 is 5.56 Å². The van der Waals surface area contributed by atoms with Crippen molar-refractivity contribution in [1.29, 1.82) is 0 Å². The molecule has 1 aliphatic rings. The molecular weight excluding hydrogens is 317 g/mol. The molecule has 128 valence electrons. The quantitative estimate of drug-likeness (QED) is 0.896. The number of benzene rings is 1. The van der Waals surface area contributed by atoms with Crippen molar-refractivity contribution in [3.05, 3.63) is 51.7 Å². The summed E-state index contributed by atoms with van der Waals surface area (Å²) in [6.07, 6.45) is 0. The van der Waals surface area contributed by atoms with Crippen LogP contribution in [0.3, 0.4) is 0 Å². The second kappa shape index (κ2) is 6.58. The number of carbonyl (C=O) groups is 1. The highest BCUT2D eigenvalue weighted by molar-refractivity contribution is 5.88. The van der Waals surface area contributed by atoms with Crippen molar-refractivity contribution in [3.8, 4) is 5.69 Å². The lowest BCUT2D eigenvalue weighted by molar-refractivity contribution is 0.0328. The van der Waals surface area contributed by atoms with Crippen LogP contribution in [-0.2, 0) is 18.3 Å². The van der Waals surface area contributed by atoms with Crippen molar-refractivity contribution >= 4 is 5.97 Å². The minimum Gasteiger partial charge on any atom is -0.477 e. The van der Waals surface area contributed by atoms with Gasteiger partial charge >= 0.3 is 5.97 Å². The van der Waals surface area contributed by atoms with Crippen LogP contribution in [0.4, 0.5) is 4.39 Å². The number of hydrogen-bond acceptors (Lipinski definition) is 4. The van der Waals surface area contributed by atoms with Gasteiger partial charge in [-0.3, -0.25) is 14.4 Å². The number of aromatic nitrogens is 2. The molecule has 0 atom stereocenters. The van der Waals surface area contributed by atoms with E-state index >= 15 is 0 Å². The Morgan fingerprint density at radius 2 is 1.88 bits per heavy atom. The van der Waals surface area contributed by atoms with Gasteiger partial charge in [0.2, 0.25) is 0 Å². The summed E-state index contributed by atoms with van der Waals surface area (Å²) in [5.41, 5.74) is -0.0495. The molecule has 7 nitrogen and oxygen atoms in total. The van der Waals surface area contributed by atoms with Crippen molar-refractivity contribution in [2.24, 2.45) is 7.05 Å². The van der Waals surface area contributed by atoms with Crippen LogP contribution in [-0.4, -0.2) is 51.6 Å². The number of halogens is 1. The fourth-order valence-corrected chi connectivity index (χ4v) is 2.89. The number of morpholine rings is 1. The van der Waals surface area contributed by atoms with E-state index in [1.165, 1.54) is 33.6 Å². The summed E-state index contributed by atoms with van der Waals surface area (Å²) in [5, 5.41) is 9.47. The van der Waals surface area contributed by atoms with Crippen molar-refractivity contribution < 1.29 is 19.0 Å². The van der Waals surface area contributed by atoms with E-state index in [0.29, 0.717) is 44.2 Å². The van der Waals surface area contributed by atoms with Crippen molar-refractivity contribution in [3.63, 3.8) is 0 Å². The Morgan fingerprint density at radius 1 is 1.25 bits per heavy atom. The van der Waals surface area contributed by atoms with Gasteiger partial charge in [0, 0.05) is 26.7 Å². The van der Waals surface area contributed by atoms with Gasteiger partial charge < -0.3 is 9.84 Å². The van der Waals surface area contributed by atoms with Gasteiger partial charge in [0.05, 0.1) is 24.6 Å². The van der Waals surface area contributed by atoms with E-state index < -0.39 is 17.3 Å². The summed E-state index contributed by atoms with van der Waals surface area (Å²) < 4.78 is 21.2. The van der Waals surface area contributed by atoms with Crippen LogP contribution in [0.2, 0.25) is 0 Å². The van der Waals surface area contributed by atoms with E-state index in [-0.39, 0.29) is 5.56 Å². The average Bonchev–Trinajstić information content (AvgIpc) is 2.80. The molecule has 0 bridgehead atoms. The van der Waals surface area contributed by atoms with Crippen molar-refractivity contribution in [1.82, 2.24) is 14.3 Å². The smallest absolute Gasteiger partial charge is 0.343 e. The lowest BCUT2D eigenvalue weighted by Crippen LogP contribution is -2.36. The maximum Gasteiger partial charge on any atom is 0.343 e. The van der Waals surface area contributed by atoms with Gasteiger partial charge in [-0.1, -0.05) is 0 Å². The summed E-state index contributed by atoms with van der Waals surface area (Å²) in [4.78, 5) is 26.3. The zero-order valence-corrected chi connectivity index (χ0v) is 13.2. The predicted molar refractivity (Wildman–Crippen MR) is 84.0 cm³/mol. The first-order valence-corrected chi connectivity index (χ1v) is 7.59. The Bertz CT molecular complexity index is 804. The summed E-state index contributed by atoms with van der Waals surface area (Å²) in [7, 11) is 1.63. The molecule has 1 aromatic heterocycles. The molecule has 3 rings (SSSR count). The van der Waals surface area contributed by atoms with Gasteiger partial charge in [0.1, 0.15) is 11.4 Å². The molecular formula is C16H18FN3O4. The Morgan fingerprint density at radius 3 is 2.46 bits per heavy atom. The first-order valence-electron chi connectivity index (χ1n) is 7.59. The SMILES string of the molecule is Cn1c(CN2CCOCC2)c(C(=O)O)c(=O)n1-c1ccc(F)cc1.